The van der Waals surface area contributed by atoms with Crippen molar-refractivity contribution in [1.29, 1.82) is 5.26 Å². The van der Waals surface area contributed by atoms with Crippen LogP contribution in [0.25, 0.3) is 10.8 Å². The summed E-state index contributed by atoms with van der Waals surface area (Å²) in [5.41, 5.74) is 1.02. The highest BCUT2D eigenvalue weighted by Crippen LogP contribution is 2.19. The summed E-state index contributed by atoms with van der Waals surface area (Å²) in [4.78, 5) is 12.3. The maximum Gasteiger partial charge on any atom is 0.258 e. The van der Waals surface area contributed by atoms with Crippen LogP contribution in [0.5, 0.6) is 5.75 Å². The van der Waals surface area contributed by atoms with E-state index in [1.54, 1.807) is 22.9 Å². The van der Waals surface area contributed by atoms with Gasteiger partial charge in [-0.2, -0.15) is 5.26 Å². The number of hydrogen-bond acceptors (Lipinski definition) is 3. The molecule has 0 saturated carbocycles. The molecule has 0 unspecified atom stereocenters. The van der Waals surface area contributed by atoms with E-state index in [0.717, 1.165) is 16.7 Å². The molecule has 0 spiro atoms. The molecule has 0 aliphatic carbocycles. The van der Waals surface area contributed by atoms with E-state index in [9.17, 15) is 4.79 Å². The zero-order valence-corrected chi connectivity index (χ0v) is 12.6. The third kappa shape index (κ3) is 3.41. The van der Waals surface area contributed by atoms with Crippen LogP contribution in [-0.4, -0.2) is 4.57 Å². The maximum absolute atomic E-state index is 12.3. The van der Waals surface area contributed by atoms with Gasteiger partial charge in [0.05, 0.1) is 12.5 Å². The molecule has 0 saturated heterocycles. The van der Waals surface area contributed by atoms with Crippen LogP contribution in [0.15, 0.2) is 65.6 Å². The Labute approximate surface area is 134 Å². The van der Waals surface area contributed by atoms with Crippen molar-refractivity contribution >= 4 is 10.8 Å². The molecule has 0 bridgehead atoms. The van der Waals surface area contributed by atoms with Gasteiger partial charge in [0.25, 0.3) is 5.56 Å². The van der Waals surface area contributed by atoms with Gasteiger partial charge < -0.3 is 9.30 Å². The van der Waals surface area contributed by atoms with Crippen molar-refractivity contribution in [1.82, 2.24) is 4.57 Å². The molecular weight excluding hydrogens is 288 g/mol. The maximum atomic E-state index is 12.3. The van der Waals surface area contributed by atoms with Gasteiger partial charge in [0.15, 0.2) is 0 Å². The molecule has 2 aromatic carbocycles. The van der Waals surface area contributed by atoms with E-state index in [2.05, 4.69) is 6.07 Å². The predicted molar refractivity (Wildman–Crippen MR) is 89.2 cm³/mol. The van der Waals surface area contributed by atoms with Gasteiger partial charge in [-0.15, -0.1) is 0 Å². The fraction of sp³-hybridized carbons (Fsp3) is 0.158. The van der Waals surface area contributed by atoms with Gasteiger partial charge in [-0.05, 0) is 35.2 Å². The molecule has 0 fully saturated rings. The van der Waals surface area contributed by atoms with Crippen LogP contribution < -0.4 is 10.3 Å². The Bertz CT molecular complexity index is 908. The molecule has 0 amide bonds. The second-order valence-electron chi connectivity index (χ2n) is 5.25. The third-order valence-electron chi connectivity index (χ3n) is 3.66. The molecule has 3 aromatic rings. The number of rotatable bonds is 5. The van der Waals surface area contributed by atoms with Crippen molar-refractivity contribution < 1.29 is 4.74 Å². The van der Waals surface area contributed by atoms with E-state index >= 15 is 0 Å². The standard InChI is InChI=1S/C19H16N2O2/c20-10-4-11-21-12-9-16-13-17(7-8-18(16)19(21)22)23-14-15-5-2-1-3-6-15/h1-3,5-9,12-13H,4,11,14H2. The van der Waals surface area contributed by atoms with E-state index in [1.165, 1.54) is 0 Å². The third-order valence-corrected chi connectivity index (χ3v) is 3.66. The van der Waals surface area contributed by atoms with E-state index < -0.39 is 0 Å². The molecule has 23 heavy (non-hydrogen) atoms. The number of aryl methyl sites for hydroxylation is 1. The van der Waals surface area contributed by atoms with Crippen LogP contribution in [0.4, 0.5) is 0 Å². The van der Waals surface area contributed by atoms with Gasteiger partial charge in [0.2, 0.25) is 0 Å². The molecule has 4 nitrogen and oxygen atoms in total. The van der Waals surface area contributed by atoms with Gasteiger partial charge in [-0.3, -0.25) is 4.79 Å². The quantitative estimate of drug-likeness (QED) is 0.725. The number of ether oxygens (including phenoxy) is 1. The predicted octanol–water partition coefficient (Wildman–Crippen LogP) is 3.49. The summed E-state index contributed by atoms with van der Waals surface area (Å²) < 4.78 is 7.35. The number of benzene rings is 2. The van der Waals surface area contributed by atoms with Crippen molar-refractivity contribution in [2.45, 2.75) is 19.6 Å². The van der Waals surface area contributed by atoms with Crippen molar-refractivity contribution in [3.05, 3.63) is 76.7 Å². The van der Waals surface area contributed by atoms with Crippen molar-refractivity contribution in [3.8, 4) is 11.8 Å². The number of nitriles is 1. The minimum atomic E-state index is -0.0765. The molecule has 1 aromatic heterocycles. The monoisotopic (exact) mass is 304 g/mol. The fourth-order valence-corrected chi connectivity index (χ4v) is 2.44. The van der Waals surface area contributed by atoms with Crippen molar-refractivity contribution in [2.75, 3.05) is 0 Å². The molecular formula is C19H16N2O2. The van der Waals surface area contributed by atoms with Crippen LogP contribution >= 0.6 is 0 Å². The molecule has 0 N–H and O–H groups in total. The van der Waals surface area contributed by atoms with Crippen LogP contribution in [-0.2, 0) is 13.2 Å². The number of aromatic nitrogens is 1. The Morgan fingerprint density at radius 1 is 1.09 bits per heavy atom. The van der Waals surface area contributed by atoms with Gasteiger partial charge in [0, 0.05) is 18.1 Å². The van der Waals surface area contributed by atoms with Crippen LogP contribution in [0.1, 0.15) is 12.0 Å². The number of fused-ring (bicyclic) bond motifs is 1. The van der Waals surface area contributed by atoms with E-state index in [4.69, 9.17) is 10.00 Å². The summed E-state index contributed by atoms with van der Waals surface area (Å²) in [7, 11) is 0. The van der Waals surface area contributed by atoms with Gasteiger partial charge in [-0.25, -0.2) is 0 Å². The second kappa shape index (κ2) is 6.80. The lowest BCUT2D eigenvalue weighted by molar-refractivity contribution is 0.306. The van der Waals surface area contributed by atoms with Crippen molar-refractivity contribution in [2.24, 2.45) is 0 Å². The lowest BCUT2D eigenvalue weighted by Gasteiger charge is -2.09. The molecule has 114 valence electrons. The minimum Gasteiger partial charge on any atom is -0.489 e. The van der Waals surface area contributed by atoms with E-state index in [-0.39, 0.29) is 5.56 Å². The first-order valence-electron chi connectivity index (χ1n) is 7.45. The fourth-order valence-electron chi connectivity index (χ4n) is 2.44. The first-order valence-corrected chi connectivity index (χ1v) is 7.45. The van der Waals surface area contributed by atoms with Crippen LogP contribution in [0.3, 0.4) is 0 Å². The molecule has 0 atom stereocenters. The first kappa shape index (κ1) is 14.9. The Hall–Kier alpha value is -3.06. The van der Waals surface area contributed by atoms with Crippen LogP contribution in [0, 0.1) is 11.3 Å². The largest absolute Gasteiger partial charge is 0.489 e. The zero-order chi connectivity index (χ0) is 16.1. The Kier molecular flexibility index (Phi) is 4.39. The number of nitrogens with zero attached hydrogens (tertiary/aromatic N) is 2. The average molecular weight is 304 g/mol. The molecule has 4 heteroatoms. The normalized spacial score (nSPS) is 10.4. The van der Waals surface area contributed by atoms with E-state index in [1.807, 2.05) is 42.5 Å². The average Bonchev–Trinajstić information content (AvgIpc) is 2.60. The molecule has 0 radical (unpaired) electrons. The molecule has 3 rings (SSSR count). The Morgan fingerprint density at radius 2 is 1.91 bits per heavy atom. The summed E-state index contributed by atoms with van der Waals surface area (Å²) in [6.07, 6.45) is 2.05. The summed E-state index contributed by atoms with van der Waals surface area (Å²) in [6.45, 7) is 0.906. The van der Waals surface area contributed by atoms with Gasteiger partial charge >= 0.3 is 0 Å². The number of pyridine rings is 1. The zero-order valence-electron chi connectivity index (χ0n) is 12.6. The van der Waals surface area contributed by atoms with Crippen LogP contribution in [0.2, 0.25) is 0 Å². The highest BCUT2D eigenvalue weighted by molar-refractivity contribution is 5.82. The lowest BCUT2D eigenvalue weighted by Crippen LogP contribution is -2.19. The SMILES string of the molecule is N#CCCn1ccc2cc(OCc3ccccc3)ccc2c1=O. The Balaban J connectivity index is 1.82. The highest BCUT2D eigenvalue weighted by atomic mass is 16.5. The molecule has 1 heterocycles. The lowest BCUT2D eigenvalue weighted by atomic mass is 10.1. The summed E-state index contributed by atoms with van der Waals surface area (Å²) in [5, 5.41) is 10.1. The van der Waals surface area contributed by atoms with Gasteiger partial charge in [-0.1, -0.05) is 30.3 Å². The second-order valence-corrected chi connectivity index (χ2v) is 5.25. The summed E-state index contributed by atoms with van der Waals surface area (Å²) >= 11 is 0. The Morgan fingerprint density at radius 3 is 2.70 bits per heavy atom. The van der Waals surface area contributed by atoms with Gasteiger partial charge in [0.1, 0.15) is 12.4 Å². The summed E-state index contributed by atoms with van der Waals surface area (Å²) in [6, 6.07) is 19.3. The topological polar surface area (TPSA) is 55.0 Å². The van der Waals surface area contributed by atoms with E-state index in [0.29, 0.717) is 25.0 Å². The minimum absolute atomic E-state index is 0.0765. The smallest absolute Gasteiger partial charge is 0.258 e. The first-order chi connectivity index (χ1) is 11.3. The number of hydrogen-bond donors (Lipinski definition) is 0. The summed E-state index contributed by atoms with van der Waals surface area (Å²) in [5.74, 6) is 0.732. The molecule has 0 aliphatic rings. The molecule has 0 aliphatic heterocycles. The highest BCUT2D eigenvalue weighted by Gasteiger charge is 2.04. The van der Waals surface area contributed by atoms with Crippen molar-refractivity contribution in [3.63, 3.8) is 0 Å².